The normalized spacial score (nSPS) is 16.4. The molecule has 28 heavy (non-hydrogen) atoms. The van der Waals surface area contributed by atoms with Gasteiger partial charge in [-0.25, -0.2) is 0 Å². The fourth-order valence-electron chi connectivity index (χ4n) is 3.17. The molecule has 0 spiro atoms. The first-order valence-corrected chi connectivity index (χ1v) is 10.3. The zero-order chi connectivity index (χ0) is 19.3. The van der Waals surface area contributed by atoms with Crippen LogP contribution in [-0.2, 0) is 9.53 Å². The van der Waals surface area contributed by atoms with Gasteiger partial charge in [0, 0.05) is 13.2 Å². The Morgan fingerprint density at radius 1 is 1.29 bits per heavy atom. The van der Waals surface area contributed by atoms with Gasteiger partial charge in [0.2, 0.25) is 11.7 Å². The molecule has 1 saturated heterocycles. The summed E-state index contributed by atoms with van der Waals surface area (Å²) >= 11 is 1.35. The number of aromatic nitrogens is 3. The number of aryl methyl sites for hydroxylation is 1. The topological polar surface area (TPSA) is 82.2 Å². The number of nitrogens with one attached hydrogen (secondary N) is 1. The third-order valence-corrected chi connectivity index (χ3v) is 5.54. The maximum absolute atomic E-state index is 12.3. The fraction of sp³-hybridized carbons (Fsp3) is 0.350. The molecule has 0 saturated carbocycles. The molecule has 3 heterocycles. The summed E-state index contributed by atoms with van der Waals surface area (Å²) in [6.45, 7) is 3.37. The van der Waals surface area contributed by atoms with Crippen molar-refractivity contribution in [2.75, 3.05) is 18.9 Å². The molecule has 0 aliphatic carbocycles. The van der Waals surface area contributed by atoms with Crippen LogP contribution in [0.3, 0.4) is 0 Å². The Morgan fingerprint density at radius 3 is 2.93 bits per heavy atom. The van der Waals surface area contributed by atoms with Crippen LogP contribution in [0.15, 0.2) is 52.2 Å². The summed E-state index contributed by atoms with van der Waals surface area (Å²) in [5, 5.41) is 12.2. The number of amides is 1. The minimum atomic E-state index is -0.0422. The van der Waals surface area contributed by atoms with E-state index >= 15 is 0 Å². The Hall–Kier alpha value is -2.58. The maximum atomic E-state index is 12.3. The molecule has 0 radical (unpaired) electrons. The zero-order valence-corrected chi connectivity index (χ0v) is 16.4. The second-order valence-electron chi connectivity index (χ2n) is 6.63. The van der Waals surface area contributed by atoms with Crippen molar-refractivity contribution >= 4 is 17.7 Å². The van der Waals surface area contributed by atoms with Crippen LogP contribution in [0.25, 0.3) is 17.3 Å². The summed E-state index contributed by atoms with van der Waals surface area (Å²) < 4.78 is 13.0. The standard InChI is InChI=1S/C20H22N4O3S/c1-14-6-2-3-8-16(14)24-19(17-9-5-11-27-17)22-23-20(24)28-13-18(25)21-12-15-7-4-10-26-15/h2-3,5-6,8-9,11,15H,4,7,10,12-13H2,1H3,(H,21,25)/t15-/m1/s1. The van der Waals surface area contributed by atoms with Crippen molar-refractivity contribution in [2.45, 2.75) is 31.0 Å². The number of ether oxygens (including phenoxy) is 1. The van der Waals surface area contributed by atoms with Gasteiger partial charge in [-0.05, 0) is 43.5 Å². The number of nitrogens with zero attached hydrogens (tertiary/aromatic N) is 3. The highest BCUT2D eigenvalue weighted by Crippen LogP contribution is 2.29. The second kappa shape index (κ2) is 8.62. The van der Waals surface area contributed by atoms with Crippen LogP contribution in [0.5, 0.6) is 0 Å². The van der Waals surface area contributed by atoms with Gasteiger partial charge in [-0.1, -0.05) is 30.0 Å². The molecule has 1 amide bonds. The first-order chi connectivity index (χ1) is 13.7. The van der Waals surface area contributed by atoms with Gasteiger partial charge in [-0.2, -0.15) is 0 Å². The number of para-hydroxylation sites is 1. The van der Waals surface area contributed by atoms with E-state index in [2.05, 4.69) is 15.5 Å². The van der Waals surface area contributed by atoms with Gasteiger partial charge in [-0.3, -0.25) is 9.36 Å². The molecule has 4 rings (SSSR count). The van der Waals surface area contributed by atoms with Crippen LogP contribution in [0, 0.1) is 6.92 Å². The lowest BCUT2D eigenvalue weighted by Crippen LogP contribution is -2.32. The van der Waals surface area contributed by atoms with Crippen LogP contribution in [0.1, 0.15) is 18.4 Å². The molecular weight excluding hydrogens is 376 g/mol. The van der Waals surface area contributed by atoms with Gasteiger partial charge in [0.1, 0.15) is 0 Å². The third-order valence-electron chi connectivity index (χ3n) is 4.61. The van der Waals surface area contributed by atoms with E-state index < -0.39 is 0 Å². The van der Waals surface area contributed by atoms with E-state index in [1.807, 2.05) is 47.9 Å². The first kappa shape index (κ1) is 18.8. The van der Waals surface area contributed by atoms with E-state index in [9.17, 15) is 4.79 Å². The van der Waals surface area contributed by atoms with Crippen molar-refractivity contribution in [3.05, 3.63) is 48.2 Å². The Labute approximate surface area is 167 Å². The van der Waals surface area contributed by atoms with Crippen molar-refractivity contribution in [1.82, 2.24) is 20.1 Å². The highest BCUT2D eigenvalue weighted by Gasteiger charge is 2.20. The van der Waals surface area contributed by atoms with Gasteiger partial charge in [0.05, 0.1) is 23.8 Å². The van der Waals surface area contributed by atoms with E-state index in [-0.39, 0.29) is 17.8 Å². The minimum absolute atomic E-state index is 0.0422. The molecule has 3 aromatic rings. The SMILES string of the molecule is Cc1ccccc1-n1c(SCC(=O)NC[C@H]2CCCO2)nnc1-c1ccco1. The zero-order valence-electron chi connectivity index (χ0n) is 15.6. The number of hydrogen-bond donors (Lipinski definition) is 1. The van der Waals surface area contributed by atoms with Gasteiger partial charge in [0.25, 0.3) is 0 Å². The van der Waals surface area contributed by atoms with Crippen LogP contribution >= 0.6 is 11.8 Å². The van der Waals surface area contributed by atoms with E-state index in [4.69, 9.17) is 9.15 Å². The predicted octanol–water partition coefficient (Wildman–Crippen LogP) is 3.22. The van der Waals surface area contributed by atoms with Crippen LogP contribution in [-0.4, -0.2) is 45.7 Å². The van der Waals surface area contributed by atoms with Crippen LogP contribution in [0.4, 0.5) is 0 Å². The summed E-state index contributed by atoms with van der Waals surface area (Å²) in [6.07, 6.45) is 3.80. The Morgan fingerprint density at radius 2 is 2.18 bits per heavy atom. The van der Waals surface area contributed by atoms with E-state index in [0.717, 1.165) is 30.7 Å². The van der Waals surface area contributed by atoms with E-state index in [0.29, 0.717) is 23.3 Å². The quantitative estimate of drug-likeness (QED) is 0.616. The monoisotopic (exact) mass is 398 g/mol. The van der Waals surface area contributed by atoms with Gasteiger partial charge in [0.15, 0.2) is 10.9 Å². The van der Waals surface area contributed by atoms with E-state index in [1.54, 1.807) is 6.26 Å². The molecule has 0 unspecified atom stereocenters. The van der Waals surface area contributed by atoms with Crippen molar-refractivity contribution in [3.8, 4) is 17.3 Å². The molecule has 1 N–H and O–H groups in total. The summed E-state index contributed by atoms with van der Waals surface area (Å²) in [5.74, 6) is 1.46. The number of thioether (sulfide) groups is 1. The van der Waals surface area contributed by atoms with Crippen LogP contribution in [0.2, 0.25) is 0 Å². The minimum Gasteiger partial charge on any atom is -0.461 e. The number of furan rings is 1. The van der Waals surface area contributed by atoms with Crippen molar-refractivity contribution in [3.63, 3.8) is 0 Å². The number of carbonyl (C=O) groups is 1. The molecule has 1 aliphatic rings. The molecular formula is C20H22N4O3S. The lowest BCUT2D eigenvalue weighted by atomic mass is 10.2. The Balaban J connectivity index is 1.52. The molecule has 0 bridgehead atoms. The largest absolute Gasteiger partial charge is 0.461 e. The lowest BCUT2D eigenvalue weighted by Gasteiger charge is -2.12. The van der Waals surface area contributed by atoms with E-state index in [1.165, 1.54) is 11.8 Å². The van der Waals surface area contributed by atoms with Crippen molar-refractivity contribution in [2.24, 2.45) is 0 Å². The summed E-state index contributed by atoms with van der Waals surface area (Å²) in [6, 6.07) is 11.7. The smallest absolute Gasteiger partial charge is 0.230 e. The summed E-state index contributed by atoms with van der Waals surface area (Å²) in [5.41, 5.74) is 2.04. The van der Waals surface area contributed by atoms with Gasteiger partial charge >= 0.3 is 0 Å². The number of carbonyl (C=O) groups excluding carboxylic acids is 1. The number of benzene rings is 1. The molecule has 1 aromatic carbocycles. The highest BCUT2D eigenvalue weighted by atomic mass is 32.2. The maximum Gasteiger partial charge on any atom is 0.230 e. The Bertz CT molecular complexity index is 933. The predicted molar refractivity (Wildman–Crippen MR) is 107 cm³/mol. The summed E-state index contributed by atoms with van der Waals surface area (Å²) in [4.78, 5) is 12.3. The second-order valence-corrected chi connectivity index (χ2v) is 7.58. The van der Waals surface area contributed by atoms with Crippen molar-refractivity contribution in [1.29, 1.82) is 0 Å². The molecule has 8 heteroatoms. The highest BCUT2D eigenvalue weighted by molar-refractivity contribution is 7.99. The number of rotatable bonds is 7. The molecule has 1 aliphatic heterocycles. The van der Waals surface area contributed by atoms with Crippen molar-refractivity contribution < 1.29 is 13.9 Å². The van der Waals surface area contributed by atoms with Gasteiger partial charge < -0.3 is 14.5 Å². The van der Waals surface area contributed by atoms with Crippen LogP contribution < -0.4 is 5.32 Å². The molecule has 2 aromatic heterocycles. The molecule has 1 atom stereocenters. The molecule has 1 fully saturated rings. The third kappa shape index (κ3) is 4.13. The summed E-state index contributed by atoms with van der Waals surface area (Å²) in [7, 11) is 0. The fourth-order valence-corrected chi connectivity index (χ4v) is 3.95. The average Bonchev–Trinajstić information content (AvgIpc) is 3.46. The average molecular weight is 398 g/mol. The Kier molecular flexibility index (Phi) is 5.78. The first-order valence-electron chi connectivity index (χ1n) is 9.29. The lowest BCUT2D eigenvalue weighted by molar-refractivity contribution is -0.119. The molecule has 146 valence electrons. The van der Waals surface area contributed by atoms with Gasteiger partial charge in [-0.15, -0.1) is 10.2 Å². The number of hydrogen-bond acceptors (Lipinski definition) is 6. The molecule has 7 nitrogen and oxygen atoms in total.